The van der Waals surface area contributed by atoms with E-state index >= 15 is 0 Å². The van der Waals surface area contributed by atoms with E-state index in [1.807, 2.05) is 12.1 Å². The van der Waals surface area contributed by atoms with Crippen molar-refractivity contribution in [3.63, 3.8) is 0 Å². The molecule has 2 aromatic rings. The van der Waals surface area contributed by atoms with Crippen molar-refractivity contribution >= 4 is 21.4 Å². The van der Waals surface area contributed by atoms with Crippen molar-refractivity contribution in [2.24, 2.45) is 5.73 Å². The molecule has 108 valence electrons. The first-order chi connectivity index (χ1) is 9.53. The molecule has 0 aliphatic rings. The molecule has 0 atom stereocenters. The maximum Gasteiger partial charge on any atom is 0.241 e. The third-order valence-corrected chi connectivity index (χ3v) is 5.66. The van der Waals surface area contributed by atoms with E-state index in [1.54, 1.807) is 25.4 Å². The van der Waals surface area contributed by atoms with Crippen LogP contribution < -0.4 is 10.5 Å². The summed E-state index contributed by atoms with van der Waals surface area (Å²) in [5, 5.41) is 0. The van der Waals surface area contributed by atoms with E-state index in [4.69, 9.17) is 5.73 Å². The smallest absolute Gasteiger partial charge is 0.241 e. The SMILES string of the molecule is Cc1sc(CN)cc1S(=O)(=O)NCCc1ccncc1. The van der Waals surface area contributed by atoms with Crippen molar-refractivity contribution in [2.45, 2.75) is 24.8 Å². The average molecular weight is 311 g/mol. The Morgan fingerprint density at radius 1 is 1.35 bits per heavy atom. The highest BCUT2D eigenvalue weighted by molar-refractivity contribution is 7.89. The molecule has 0 unspecified atom stereocenters. The maximum absolute atomic E-state index is 12.2. The zero-order valence-corrected chi connectivity index (χ0v) is 12.8. The summed E-state index contributed by atoms with van der Waals surface area (Å²) in [6.07, 6.45) is 4.02. The van der Waals surface area contributed by atoms with Gasteiger partial charge in [-0.05, 0) is 37.1 Å². The number of pyridine rings is 1. The number of nitrogens with zero attached hydrogens (tertiary/aromatic N) is 1. The van der Waals surface area contributed by atoms with Gasteiger partial charge in [-0.25, -0.2) is 13.1 Å². The van der Waals surface area contributed by atoms with Gasteiger partial charge in [0, 0.05) is 35.2 Å². The van der Waals surface area contributed by atoms with Crippen LogP contribution in [0.2, 0.25) is 0 Å². The van der Waals surface area contributed by atoms with Gasteiger partial charge in [0.15, 0.2) is 0 Å². The highest BCUT2D eigenvalue weighted by Gasteiger charge is 2.18. The van der Waals surface area contributed by atoms with Gasteiger partial charge >= 0.3 is 0 Å². The average Bonchev–Trinajstić information content (AvgIpc) is 2.82. The summed E-state index contributed by atoms with van der Waals surface area (Å²) in [5.41, 5.74) is 6.59. The Kier molecular flexibility index (Phi) is 4.87. The van der Waals surface area contributed by atoms with Crippen LogP contribution in [0.1, 0.15) is 15.3 Å². The molecular formula is C13H17N3O2S2. The minimum Gasteiger partial charge on any atom is -0.326 e. The summed E-state index contributed by atoms with van der Waals surface area (Å²) >= 11 is 1.42. The molecule has 0 radical (unpaired) electrons. The molecule has 3 N–H and O–H groups in total. The number of aryl methyl sites for hydroxylation is 1. The molecule has 0 bridgehead atoms. The van der Waals surface area contributed by atoms with E-state index in [0.717, 1.165) is 15.3 Å². The number of thiophene rings is 1. The fraction of sp³-hybridized carbons (Fsp3) is 0.308. The van der Waals surface area contributed by atoms with E-state index in [0.29, 0.717) is 24.4 Å². The van der Waals surface area contributed by atoms with E-state index in [2.05, 4.69) is 9.71 Å². The molecule has 0 aromatic carbocycles. The van der Waals surface area contributed by atoms with Crippen LogP contribution in [0.15, 0.2) is 35.5 Å². The maximum atomic E-state index is 12.2. The van der Waals surface area contributed by atoms with Gasteiger partial charge in [0.05, 0.1) is 4.90 Å². The summed E-state index contributed by atoms with van der Waals surface area (Å²) in [4.78, 5) is 5.89. The third-order valence-electron chi connectivity index (χ3n) is 2.87. The molecule has 2 rings (SSSR count). The van der Waals surface area contributed by atoms with E-state index < -0.39 is 10.0 Å². The summed E-state index contributed by atoms with van der Waals surface area (Å²) in [6, 6.07) is 5.39. The molecule has 7 heteroatoms. The number of nitrogens with two attached hydrogens (primary N) is 1. The molecule has 0 saturated heterocycles. The summed E-state index contributed by atoms with van der Waals surface area (Å²) in [6.45, 7) is 2.51. The highest BCUT2D eigenvalue weighted by Crippen LogP contribution is 2.25. The van der Waals surface area contributed by atoms with Crippen molar-refractivity contribution in [2.75, 3.05) is 6.54 Å². The molecule has 2 heterocycles. The second-order valence-electron chi connectivity index (χ2n) is 4.34. The molecule has 0 spiro atoms. The summed E-state index contributed by atoms with van der Waals surface area (Å²) in [7, 11) is -3.46. The van der Waals surface area contributed by atoms with Crippen LogP contribution in [0.4, 0.5) is 0 Å². The predicted molar refractivity (Wildman–Crippen MR) is 80.1 cm³/mol. The Morgan fingerprint density at radius 3 is 2.65 bits per heavy atom. The van der Waals surface area contributed by atoms with Gasteiger partial charge in [0.2, 0.25) is 10.0 Å². The second kappa shape index (κ2) is 6.45. The largest absolute Gasteiger partial charge is 0.326 e. The zero-order valence-electron chi connectivity index (χ0n) is 11.2. The Balaban J connectivity index is 2.02. The first-order valence-electron chi connectivity index (χ1n) is 6.21. The van der Waals surface area contributed by atoms with Gasteiger partial charge in [-0.2, -0.15) is 0 Å². The van der Waals surface area contributed by atoms with Crippen LogP contribution in [-0.2, 0) is 23.0 Å². The Morgan fingerprint density at radius 2 is 2.05 bits per heavy atom. The standard InChI is InChI=1S/C13H17N3O2S2/c1-10-13(8-12(9-14)19-10)20(17,18)16-7-4-11-2-5-15-6-3-11/h2-3,5-6,8,16H,4,7,9,14H2,1H3. The number of hydrogen-bond acceptors (Lipinski definition) is 5. The second-order valence-corrected chi connectivity index (χ2v) is 7.42. The van der Waals surface area contributed by atoms with E-state index in [9.17, 15) is 8.42 Å². The number of hydrogen-bond donors (Lipinski definition) is 2. The molecule has 2 aromatic heterocycles. The van der Waals surface area contributed by atoms with Crippen molar-refractivity contribution < 1.29 is 8.42 Å². The fourth-order valence-corrected chi connectivity index (χ4v) is 4.39. The summed E-state index contributed by atoms with van der Waals surface area (Å²) < 4.78 is 27.0. The van der Waals surface area contributed by atoms with Gasteiger partial charge in [-0.3, -0.25) is 4.98 Å². The van der Waals surface area contributed by atoms with Crippen LogP contribution in [0.5, 0.6) is 0 Å². The van der Waals surface area contributed by atoms with E-state index in [1.165, 1.54) is 11.3 Å². The lowest BCUT2D eigenvalue weighted by Crippen LogP contribution is -2.26. The summed E-state index contributed by atoms with van der Waals surface area (Å²) in [5.74, 6) is 0. The third kappa shape index (κ3) is 3.63. The van der Waals surface area contributed by atoms with Crippen LogP contribution >= 0.6 is 11.3 Å². The van der Waals surface area contributed by atoms with Gasteiger partial charge in [0.25, 0.3) is 0 Å². The molecule has 0 aliphatic carbocycles. The lowest BCUT2D eigenvalue weighted by atomic mass is 10.2. The van der Waals surface area contributed by atoms with Crippen LogP contribution in [-0.4, -0.2) is 19.9 Å². The van der Waals surface area contributed by atoms with Gasteiger partial charge in [-0.15, -0.1) is 11.3 Å². The lowest BCUT2D eigenvalue weighted by molar-refractivity contribution is 0.581. The molecule has 0 fully saturated rings. The number of aromatic nitrogens is 1. The molecule has 5 nitrogen and oxygen atoms in total. The first-order valence-corrected chi connectivity index (χ1v) is 8.51. The first kappa shape index (κ1) is 15.1. The van der Waals surface area contributed by atoms with Gasteiger partial charge in [0.1, 0.15) is 0 Å². The van der Waals surface area contributed by atoms with Crippen molar-refractivity contribution in [1.29, 1.82) is 0 Å². The number of sulfonamides is 1. The van der Waals surface area contributed by atoms with Crippen molar-refractivity contribution in [3.05, 3.63) is 45.9 Å². The molecule has 20 heavy (non-hydrogen) atoms. The molecule has 0 amide bonds. The minimum atomic E-state index is -3.46. The van der Waals surface area contributed by atoms with Crippen LogP contribution in [0, 0.1) is 6.92 Å². The quantitative estimate of drug-likeness (QED) is 0.845. The van der Waals surface area contributed by atoms with Gasteiger partial charge in [-0.1, -0.05) is 0 Å². The number of rotatable bonds is 6. The number of nitrogens with one attached hydrogen (secondary N) is 1. The topological polar surface area (TPSA) is 85.1 Å². The Labute approximate surface area is 122 Å². The lowest BCUT2D eigenvalue weighted by Gasteiger charge is -2.06. The normalized spacial score (nSPS) is 11.7. The Hall–Kier alpha value is -1.28. The van der Waals surface area contributed by atoms with E-state index in [-0.39, 0.29) is 0 Å². The molecule has 0 aliphatic heterocycles. The van der Waals surface area contributed by atoms with Crippen molar-refractivity contribution in [3.8, 4) is 0 Å². The van der Waals surface area contributed by atoms with Crippen molar-refractivity contribution in [1.82, 2.24) is 9.71 Å². The molecular weight excluding hydrogens is 294 g/mol. The highest BCUT2D eigenvalue weighted by atomic mass is 32.2. The van der Waals surface area contributed by atoms with Gasteiger partial charge < -0.3 is 5.73 Å². The van der Waals surface area contributed by atoms with Crippen LogP contribution in [0.3, 0.4) is 0 Å². The Bertz CT molecular complexity index is 666. The monoisotopic (exact) mass is 311 g/mol. The van der Waals surface area contributed by atoms with Crippen LogP contribution in [0.25, 0.3) is 0 Å². The minimum absolute atomic E-state index is 0.331. The fourth-order valence-electron chi connectivity index (χ4n) is 1.85. The zero-order chi connectivity index (χ0) is 14.6. The predicted octanol–water partition coefficient (Wildman–Crippen LogP) is 1.43. The molecule has 0 saturated carbocycles.